The Bertz CT molecular complexity index is 2070. The summed E-state index contributed by atoms with van der Waals surface area (Å²) in [6.07, 6.45) is 0. The highest BCUT2D eigenvalue weighted by atomic mass is 31.2. The van der Waals surface area contributed by atoms with Crippen molar-refractivity contribution in [3.63, 3.8) is 0 Å². The van der Waals surface area contributed by atoms with Gasteiger partial charge in [-0.3, -0.25) is 0 Å². The number of hydrogen-bond acceptors (Lipinski definition) is 0. The van der Waals surface area contributed by atoms with Crippen molar-refractivity contribution in [3.8, 4) is 11.1 Å². The summed E-state index contributed by atoms with van der Waals surface area (Å²) in [4.78, 5) is 0. The molecule has 0 aromatic heterocycles. The van der Waals surface area contributed by atoms with Crippen LogP contribution in [0.15, 0.2) is 231 Å². The van der Waals surface area contributed by atoms with E-state index in [1.165, 1.54) is 54.1 Å². The molecule has 0 atom stereocenters. The molecule has 0 fully saturated rings. The molecule has 8 aromatic rings. The third-order valence-electron chi connectivity index (χ3n) is 9.82. The van der Waals surface area contributed by atoms with Gasteiger partial charge in [-0.05, 0) is 79.4 Å². The molecule has 0 radical (unpaired) electrons. The van der Waals surface area contributed by atoms with Crippen molar-refractivity contribution >= 4 is 57.2 Å². The molecule has 0 N–H and O–H groups in total. The van der Waals surface area contributed by atoms with Gasteiger partial charge in [0.05, 0.1) is 0 Å². The van der Waals surface area contributed by atoms with Gasteiger partial charge in [-0.25, -0.2) is 0 Å². The third-order valence-corrected chi connectivity index (χ3v) is 17.9. The maximum atomic E-state index is 2.54. The summed E-state index contributed by atoms with van der Waals surface area (Å²) in [5, 5.41) is 8.10. The lowest BCUT2D eigenvalue weighted by Gasteiger charge is -2.29. The average molecular weight is 703 g/mol. The SMILES string of the molecule is C(c1ccc(-c2ccc(C=P(c3ccccc3)(c3ccccc3)c3ccccc3)cc2)cc1)=P(c1ccccc1)(c1ccccc1)c1ccccc1. The van der Waals surface area contributed by atoms with Crippen LogP contribution in [0.4, 0.5) is 0 Å². The highest BCUT2D eigenvalue weighted by Crippen LogP contribution is 2.46. The van der Waals surface area contributed by atoms with E-state index in [1.54, 1.807) is 0 Å². The molecule has 8 aromatic carbocycles. The van der Waals surface area contributed by atoms with Crippen LogP contribution in [0.2, 0.25) is 0 Å². The Morgan fingerprint density at radius 1 is 0.212 bits per heavy atom. The van der Waals surface area contributed by atoms with Crippen LogP contribution in [0.5, 0.6) is 0 Å². The molecule has 0 saturated heterocycles. The van der Waals surface area contributed by atoms with E-state index in [-0.39, 0.29) is 0 Å². The second-order valence-corrected chi connectivity index (χ2v) is 19.5. The summed E-state index contributed by atoms with van der Waals surface area (Å²) in [5.41, 5.74) is 4.87. The van der Waals surface area contributed by atoms with Crippen molar-refractivity contribution in [1.29, 1.82) is 0 Å². The minimum Gasteiger partial charge on any atom is -0.0622 e. The van der Waals surface area contributed by atoms with Crippen LogP contribution in [0.25, 0.3) is 11.1 Å². The smallest absolute Gasteiger partial charge is 0.0160 e. The first kappa shape index (κ1) is 33.5. The Labute approximate surface area is 308 Å². The zero-order chi connectivity index (χ0) is 35.1. The van der Waals surface area contributed by atoms with Crippen LogP contribution in [0, 0.1) is 0 Å². The number of hydrogen-bond donors (Lipinski definition) is 0. The topological polar surface area (TPSA) is 0 Å². The molecule has 0 aliphatic carbocycles. The van der Waals surface area contributed by atoms with Gasteiger partial charge in [-0.2, -0.15) is 0 Å². The standard InChI is InChI=1S/C50H40P2/c1-7-19-45(20-8-1)51(46-21-9-2-10-22-46,47-23-11-3-12-24-47)39-41-31-35-43(36-32-41)44-37-33-42(34-38-44)40-52(48-25-13-4-14-26-48,49-27-15-5-16-28-49)50-29-17-6-18-30-50/h1-40H. The van der Waals surface area contributed by atoms with Crippen molar-refractivity contribution < 1.29 is 0 Å². The molecule has 0 spiro atoms. The maximum Gasteiger partial charge on any atom is -0.0160 e. The molecular weight excluding hydrogens is 662 g/mol. The summed E-state index contributed by atoms with van der Waals surface area (Å²) in [5.74, 6) is 5.07. The largest absolute Gasteiger partial charge is 0.0622 e. The van der Waals surface area contributed by atoms with Crippen molar-refractivity contribution in [1.82, 2.24) is 0 Å². The third kappa shape index (κ3) is 6.61. The Morgan fingerprint density at radius 3 is 0.596 bits per heavy atom. The monoisotopic (exact) mass is 702 g/mol. The quantitative estimate of drug-likeness (QED) is 0.132. The van der Waals surface area contributed by atoms with E-state index in [1.807, 2.05) is 0 Å². The van der Waals surface area contributed by atoms with E-state index in [0.29, 0.717) is 0 Å². The van der Waals surface area contributed by atoms with Crippen LogP contribution >= 0.6 is 13.8 Å². The first-order valence-corrected chi connectivity index (χ1v) is 21.5. The van der Waals surface area contributed by atoms with Gasteiger partial charge in [0.1, 0.15) is 0 Å². The van der Waals surface area contributed by atoms with Gasteiger partial charge in [-0.1, -0.05) is 231 Å². The van der Waals surface area contributed by atoms with E-state index in [4.69, 9.17) is 0 Å². The molecule has 0 aliphatic rings. The molecule has 250 valence electrons. The van der Waals surface area contributed by atoms with Crippen LogP contribution in [-0.2, 0) is 0 Å². The summed E-state index contributed by atoms with van der Waals surface area (Å²) < 4.78 is 0. The van der Waals surface area contributed by atoms with E-state index < -0.39 is 13.8 Å². The number of benzene rings is 8. The second kappa shape index (κ2) is 15.3. The zero-order valence-electron chi connectivity index (χ0n) is 29.0. The summed E-state index contributed by atoms with van der Waals surface area (Å²) in [6.45, 7) is -4.18. The van der Waals surface area contributed by atoms with E-state index in [0.717, 1.165) is 0 Å². The molecule has 8 rings (SSSR count). The molecule has 0 heterocycles. The second-order valence-electron chi connectivity index (χ2n) is 13.0. The predicted octanol–water partition coefficient (Wildman–Crippen LogP) is 9.64. The van der Waals surface area contributed by atoms with Gasteiger partial charge in [0.25, 0.3) is 0 Å². The molecule has 0 saturated carbocycles. The van der Waals surface area contributed by atoms with Gasteiger partial charge in [0, 0.05) is 0 Å². The summed E-state index contributed by atoms with van der Waals surface area (Å²) in [6, 6.07) is 84.4. The van der Waals surface area contributed by atoms with Gasteiger partial charge in [0.15, 0.2) is 0 Å². The van der Waals surface area contributed by atoms with Crippen molar-refractivity contribution in [3.05, 3.63) is 242 Å². The molecular formula is C50H40P2. The average Bonchev–Trinajstić information content (AvgIpc) is 3.24. The predicted molar refractivity (Wildman–Crippen MR) is 233 cm³/mol. The molecule has 0 aliphatic heterocycles. The van der Waals surface area contributed by atoms with Gasteiger partial charge < -0.3 is 0 Å². The lowest BCUT2D eigenvalue weighted by Crippen LogP contribution is -2.27. The lowest BCUT2D eigenvalue weighted by atomic mass is 10.0. The first-order valence-electron chi connectivity index (χ1n) is 17.8. The minimum atomic E-state index is -2.09. The zero-order valence-corrected chi connectivity index (χ0v) is 30.8. The van der Waals surface area contributed by atoms with Crippen LogP contribution in [0.3, 0.4) is 0 Å². The molecule has 52 heavy (non-hydrogen) atoms. The van der Waals surface area contributed by atoms with Crippen LogP contribution in [0.1, 0.15) is 11.1 Å². The Morgan fingerprint density at radius 2 is 0.404 bits per heavy atom. The van der Waals surface area contributed by atoms with Crippen LogP contribution < -0.4 is 31.8 Å². The molecule has 2 heteroatoms. The highest BCUT2D eigenvalue weighted by molar-refractivity contribution is 7.95. The maximum absolute atomic E-state index is 2.54. The number of rotatable bonds is 9. The van der Waals surface area contributed by atoms with Crippen LogP contribution in [-0.4, -0.2) is 11.6 Å². The fraction of sp³-hybridized carbons (Fsp3) is 0. The van der Waals surface area contributed by atoms with Gasteiger partial charge >= 0.3 is 0 Å². The normalized spacial score (nSPS) is 11.5. The first-order chi connectivity index (χ1) is 25.8. The molecule has 0 unspecified atom stereocenters. The van der Waals surface area contributed by atoms with E-state index in [2.05, 4.69) is 242 Å². The van der Waals surface area contributed by atoms with Gasteiger partial charge in [0.2, 0.25) is 0 Å². The van der Waals surface area contributed by atoms with E-state index >= 15 is 0 Å². The fourth-order valence-corrected chi connectivity index (χ4v) is 15.1. The van der Waals surface area contributed by atoms with Crippen molar-refractivity contribution in [2.45, 2.75) is 0 Å². The molecule has 0 amide bonds. The van der Waals surface area contributed by atoms with Gasteiger partial charge in [-0.15, -0.1) is 0 Å². The summed E-state index contributed by atoms with van der Waals surface area (Å²) >= 11 is 0. The summed E-state index contributed by atoms with van der Waals surface area (Å²) in [7, 11) is 0. The molecule has 0 bridgehead atoms. The Kier molecular flexibility index (Phi) is 9.86. The molecule has 0 nitrogen and oxygen atoms in total. The Hall–Kier alpha value is -5.64. The highest BCUT2D eigenvalue weighted by Gasteiger charge is 2.26. The van der Waals surface area contributed by atoms with Crippen molar-refractivity contribution in [2.75, 3.05) is 0 Å². The minimum absolute atomic E-state index is 1.21. The Balaban J connectivity index is 1.21. The fourth-order valence-electron chi connectivity index (χ4n) is 7.29. The lowest BCUT2D eigenvalue weighted by molar-refractivity contribution is 1.60. The van der Waals surface area contributed by atoms with Crippen molar-refractivity contribution in [2.24, 2.45) is 0 Å². The van der Waals surface area contributed by atoms with E-state index in [9.17, 15) is 0 Å².